The Labute approximate surface area is 252 Å². The minimum absolute atomic E-state index is 0.346. The average molecular weight is 625 g/mol. The molecule has 218 valence electrons. The molecule has 0 unspecified atom stereocenters. The second-order valence-electron chi connectivity index (χ2n) is 9.47. The van der Waals surface area contributed by atoms with E-state index in [9.17, 15) is 9.59 Å². The number of hydroxylamine groups is 4. The second-order valence-corrected chi connectivity index (χ2v) is 12.7. The zero-order valence-electron chi connectivity index (χ0n) is 23.0. The maximum atomic E-state index is 12.6. The van der Waals surface area contributed by atoms with Gasteiger partial charge in [0.15, 0.2) is 0 Å². The van der Waals surface area contributed by atoms with Gasteiger partial charge in [0, 0.05) is 13.1 Å². The van der Waals surface area contributed by atoms with Crippen LogP contribution in [0.15, 0.2) is 22.2 Å². The summed E-state index contributed by atoms with van der Waals surface area (Å²) in [4.78, 5) is 36.1. The van der Waals surface area contributed by atoms with Crippen LogP contribution in [0.2, 0.25) is 0 Å². The maximum absolute atomic E-state index is 12.6. The van der Waals surface area contributed by atoms with E-state index in [1.54, 1.807) is 23.5 Å². The number of carbonyl (C=O) groups excluding carboxylic acids is 2. The van der Waals surface area contributed by atoms with Gasteiger partial charge in [0.1, 0.15) is 21.4 Å². The number of hydrogen-bond acceptors (Lipinski definition) is 14. The predicted molar refractivity (Wildman–Crippen MR) is 161 cm³/mol. The number of thioether (sulfide) groups is 2. The molecular formula is C26H36N6O4S4. The van der Waals surface area contributed by atoms with Crippen molar-refractivity contribution in [1.82, 2.24) is 27.6 Å². The highest BCUT2D eigenvalue weighted by molar-refractivity contribution is 7.99. The lowest BCUT2D eigenvalue weighted by atomic mass is 10.1. The first-order valence-electron chi connectivity index (χ1n) is 13.8. The lowest BCUT2D eigenvalue weighted by molar-refractivity contribution is -0.215. The van der Waals surface area contributed by atoms with Gasteiger partial charge in [-0.25, -0.2) is 9.59 Å². The first-order valence-corrected chi connectivity index (χ1v) is 17.3. The largest absolute Gasteiger partial charge is 0.438 e. The molecule has 14 heteroatoms. The third-order valence-electron chi connectivity index (χ3n) is 6.32. The highest BCUT2D eigenvalue weighted by Crippen LogP contribution is 2.31. The number of carbonyl (C=O) groups is 2. The molecule has 2 aliphatic rings. The van der Waals surface area contributed by atoms with E-state index >= 15 is 0 Å². The van der Waals surface area contributed by atoms with E-state index in [2.05, 4.69) is 43.5 Å². The van der Waals surface area contributed by atoms with Crippen LogP contribution in [0.3, 0.4) is 0 Å². The van der Waals surface area contributed by atoms with Crippen LogP contribution in [0.25, 0.3) is 11.1 Å². The van der Waals surface area contributed by atoms with Crippen molar-refractivity contribution < 1.29 is 19.3 Å². The predicted octanol–water partition coefficient (Wildman–Crippen LogP) is 5.75. The zero-order chi connectivity index (χ0) is 28.2. The number of aromatic nitrogens is 4. The quantitative estimate of drug-likeness (QED) is 0.145. The van der Waals surface area contributed by atoms with Crippen molar-refractivity contribution in [3.05, 3.63) is 23.5 Å². The Morgan fingerprint density at radius 1 is 0.750 bits per heavy atom. The summed E-state index contributed by atoms with van der Waals surface area (Å²) in [5, 5.41) is 4.81. The van der Waals surface area contributed by atoms with Crippen molar-refractivity contribution in [3.63, 3.8) is 0 Å². The van der Waals surface area contributed by atoms with Crippen molar-refractivity contribution in [2.24, 2.45) is 0 Å². The van der Waals surface area contributed by atoms with Gasteiger partial charge in [-0.3, -0.25) is 0 Å². The first-order chi connectivity index (χ1) is 19.6. The summed E-state index contributed by atoms with van der Waals surface area (Å²) in [6.45, 7) is 6.05. The van der Waals surface area contributed by atoms with Gasteiger partial charge in [0.2, 0.25) is 0 Å². The Bertz CT molecular complexity index is 1090. The molecule has 0 aliphatic carbocycles. The molecule has 0 atom stereocenters. The van der Waals surface area contributed by atoms with Crippen LogP contribution in [-0.2, 0) is 19.3 Å². The number of hydrogen-bond donors (Lipinski definition) is 0. The van der Waals surface area contributed by atoms with Crippen molar-refractivity contribution in [2.45, 2.75) is 75.3 Å². The van der Waals surface area contributed by atoms with Crippen molar-refractivity contribution >= 4 is 70.1 Å². The number of unbranched alkanes of at least 4 members (excludes halogenated alkanes) is 4. The molecule has 0 spiro atoms. The Morgan fingerprint density at radius 2 is 1.20 bits per heavy atom. The molecule has 40 heavy (non-hydrogen) atoms. The molecule has 0 bridgehead atoms. The van der Waals surface area contributed by atoms with E-state index in [4.69, 9.17) is 9.68 Å². The molecule has 2 aromatic heterocycles. The molecule has 2 aromatic rings. The van der Waals surface area contributed by atoms with Crippen LogP contribution in [0, 0.1) is 0 Å². The zero-order valence-corrected chi connectivity index (χ0v) is 26.3. The summed E-state index contributed by atoms with van der Waals surface area (Å²) in [5.74, 6) is -0.0821. The normalized spacial score (nSPS) is 16.4. The summed E-state index contributed by atoms with van der Waals surface area (Å²) in [6, 6.07) is 0. The molecule has 0 N–H and O–H groups in total. The molecule has 0 amide bonds. The van der Waals surface area contributed by atoms with Crippen molar-refractivity contribution in [3.8, 4) is 0 Å². The molecule has 0 radical (unpaired) electrons. The van der Waals surface area contributed by atoms with Gasteiger partial charge >= 0.3 is 11.9 Å². The highest BCUT2D eigenvalue weighted by Gasteiger charge is 2.29. The number of rotatable bonds is 14. The molecule has 4 rings (SSSR count). The van der Waals surface area contributed by atoms with Gasteiger partial charge in [-0.15, -0.1) is 33.7 Å². The van der Waals surface area contributed by atoms with E-state index in [0.717, 1.165) is 56.9 Å². The molecule has 10 nitrogen and oxygen atoms in total. The lowest BCUT2D eigenvalue weighted by Gasteiger charge is -2.27. The fraction of sp³-hybridized carbons (Fsp3) is 0.615. The monoisotopic (exact) mass is 624 g/mol. The smallest absolute Gasteiger partial charge is 0.359 e. The van der Waals surface area contributed by atoms with E-state index in [0.29, 0.717) is 39.0 Å². The summed E-state index contributed by atoms with van der Waals surface area (Å²) < 4.78 is 17.9. The van der Waals surface area contributed by atoms with Crippen LogP contribution < -0.4 is 0 Å². The van der Waals surface area contributed by atoms with Gasteiger partial charge in [-0.1, -0.05) is 51.7 Å². The molecular weight excluding hydrogens is 589 g/mol. The Hall–Kier alpha value is -1.84. The Kier molecular flexibility index (Phi) is 12.9. The van der Waals surface area contributed by atoms with Gasteiger partial charge in [-0.2, -0.15) is 17.5 Å². The van der Waals surface area contributed by atoms with Gasteiger partial charge in [0.25, 0.3) is 0 Å². The fourth-order valence-electron chi connectivity index (χ4n) is 4.23. The number of nitrogens with zero attached hydrogens (tertiary/aromatic N) is 6. The van der Waals surface area contributed by atoms with Crippen molar-refractivity contribution in [2.75, 3.05) is 37.7 Å². The third-order valence-corrected chi connectivity index (χ3v) is 9.71. The SMILES string of the molecule is CCCCCSc1nsnc1C1=CCCN(OC(=O)C(=O)ON2CCC=C(c3nsnc3SCCCCC)C2)C1. The Balaban J connectivity index is 1.26. The molecule has 0 aromatic carbocycles. The summed E-state index contributed by atoms with van der Waals surface area (Å²) in [5.41, 5.74) is 3.57. The molecule has 0 saturated carbocycles. The van der Waals surface area contributed by atoms with Crippen LogP contribution in [0.4, 0.5) is 0 Å². The van der Waals surface area contributed by atoms with Crippen LogP contribution >= 0.6 is 47.0 Å². The lowest BCUT2D eigenvalue weighted by Crippen LogP contribution is -2.39. The minimum atomic E-state index is -1.04. The molecule has 0 fully saturated rings. The average Bonchev–Trinajstić information content (AvgIpc) is 3.64. The van der Waals surface area contributed by atoms with Crippen LogP contribution in [0.1, 0.15) is 76.6 Å². The summed E-state index contributed by atoms with van der Waals surface area (Å²) >= 11 is 5.79. The molecule has 2 aliphatic heterocycles. The van der Waals surface area contributed by atoms with E-state index in [1.165, 1.54) is 59.3 Å². The summed E-state index contributed by atoms with van der Waals surface area (Å²) in [6.07, 6.45) is 12.6. The van der Waals surface area contributed by atoms with Gasteiger partial charge in [0.05, 0.1) is 36.5 Å². The summed E-state index contributed by atoms with van der Waals surface area (Å²) in [7, 11) is 0. The molecule has 4 heterocycles. The van der Waals surface area contributed by atoms with Gasteiger partial charge in [-0.05, 0) is 48.3 Å². The molecule has 0 saturated heterocycles. The van der Waals surface area contributed by atoms with E-state index < -0.39 is 11.9 Å². The van der Waals surface area contributed by atoms with E-state index in [-0.39, 0.29) is 0 Å². The van der Waals surface area contributed by atoms with Crippen molar-refractivity contribution in [1.29, 1.82) is 0 Å². The van der Waals surface area contributed by atoms with Crippen LogP contribution in [0.5, 0.6) is 0 Å². The standard InChI is InChI=1S/C26H36N6O4S4/c1-3-5-7-15-37-23-21(27-39-29-23)19-11-9-13-31(17-19)35-25(33)26(34)36-32-14-10-12-20(18-32)22-24(30-40-28-22)38-16-8-6-4-2/h11-12H,3-10,13-18H2,1-2H3. The van der Waals surface area contributed by atoms with E-state index in [1.807, 2.05) is 0 Å². The third kappa shape index (κ3) is 9.08. The topological polar surface area (TPSA) is 111 Å². The Morgan fingerprint density at radius 3 is 1.62 bits per heavy atom. The highest BCUT2D eigenvalue weighted by atomic mass is 32.2. The maximum Gasteiger partial charge on any atom is 0.438 e. The van der Waals surface area contributed by atoms with Gasteiger partial charge < -0.3 is 9.68 Å². The second kappa shape index (κ2) is 16.6. The first kappa shape index (κ1) is 31.1. The fourth-order valence-corrected chi connectivity index (χ4v) is 7.65. The van der Waals surface area contributed by atoms with Crippen LogP contribution in [-0.4, -0.2) is 77.2 Å². The minimum Gasteiger partial charge on any atom is -0.359 e.